The lowest BCUT2D eigenvalue weighted by Crippen LogP contribution is -2.13. The summed E-state index contributed by atoms with van der Waals surface area (Å²) in [4.78, 5) is 0. The van der Waals surface area contributed by atoms with Crippen LogP contribution in [0.25, 0.3) is 0 Å². The zero-order valence-corrected chi connectivity index (χ0v) is 11.7. The van der Waals surface area contributed by atoms with E-state index in [0.717, 1.165) is 23.5 Å². The molecule has 1 nitrogen and oxygen atoms in total. The maximum Gasteiger partial charge on any atom is 0.121 e. The Morgan fingerprint density at radius 1 is 1.24 bits per heavy atom. The van der Waals surface area contributed by atoms with Crippen molar-refractivity contribution in [1.82, 2.24) is 0 Å². The first kappa shape index (κ1) is 14.1. The van der Waals surface area contributed by atoms with E-state index in [9.17, 15) is 5.11 Å². The van der Waals surface area contributed by atoms with Crippen molar-refractivity contribution in [3.8, 4) is 5.75 Å². The Labute approximate surface area is 106 Å². The van der Waals surface area contributed by atoms with Crippen molar-refractivity contribution < 1.29 is 5.11 Å². The summed E-state index contributed by atoms with van der Waals surface area (Å²) in [5, 5.41) is 10.0. The van der Waals surface area contributed by atoms with Crippen molar-refractivity contribution in [3.63, 3.8) is 0 Å². The van der Waals surface area contributed by atoms with Crippen LogP contribution < -0.4 is 0 Å². The van der Waals surface area contributed by atoms with Gasteiger partial charge in [0.1, 0.15) is 5.75 Å². The van der Waals surface area contributed by atoms with Gasteiger partial charge >= 0.3 is 0 Å². The molecule has 0 fully saturated rings. The van der Waals surface area contributed by atoms with E-state index < -0.39 is 0 Å². The van der Waals surface area contributed by atoms with E-state index in [4.69, 9.17) is 0 Å². The Bertz CT molecular complexity index is 343. The molecule has 0 saturated carbocycles. The summed E-state index contributed by atoms with van der Waals surface area (Å²) in [6, 6.07) is 6.06. The molecule has 0 heterocycles. The van der Waals surface area contributed by atoms with Crippen LogP contribution in [0.15, 0.2) is 18.2 Å². The third kappa shape index (κ3) is 3.76. The van der Waals surface area contributed by atoms with Gasteiger partial charge in [0.15, 0.2) is 0 Å². The monoisotopic (exact) mass is 234 g/mol. The number of phenols is 1. The quantitative estimate of drug-likeness (QED) is 0.756. The van der Waals surface area contributed by atoms with E-state index in [0.29, 0.717) is 11.7 Å². The van der Waals surface area contributed by atoms with Crippen LogP contribution in [0.5, 0.6) is 5.75 Å². The summed E-state index contributed by atoms with van der Waals surface area (Å²) in [6.45, 7) is 8.80. The third-order valence-electron chi connectivity index (χ3n) is 3.85. The molecule has 0 aliphatic heterocycles. The number of hydrogen-bond donors (Lipinski definition) is 1. The van der Waals surface area contributed by atoms with Gasteiger partial charge in [-0.25, -0.2) is 0 Å². The highest BCUT2D eigenvalue weighted by molar-refractivity contribution is 5.39. The van der Waals surface area contributed by atoms with E-state index in [2.05, 4.69) is 26.8 Å². The smallest absolute Gasteiger partial charge is 0.121 e. The minimum Gasteiger partial charge on any atom is -0.507 e. The zero-order chi connectivity index (χ0) is 12.8. The Kier molecular flexibility index (Phi) is 5.54. The van der Waals surface area contributed by atoms with Gasteiger partial charge in [-0.3, -0.25) is 0 Å². The number of hydrogen-bond acceptors (Lipinski definition) is 1. The molecule has 96 valence electrons. The highest BCUT2D eigenvalue weighted by Crippen LogP contribution is 2.29. The largest absolute Gasteiger partial charge is 0.507 e. The topological polar surface area (TPSA) is 20.2 Å². The molecule has 1 aromatic rings. The van der Waals surface area contributed by atoms with Crippen LogP contribution in [0.3, 0.4) is 0 Å². The summed E-state index contributed by atoms with van der Waals surface area (Å²) in [5.74, 6) is 1.92. The fraction of sp³-hybridized carbons (Fsp3) is 0.625. The van der Waals surface area contributed by atoms with E-state index in [1.807, 2.05) is 19.1 Å². The zero-order valence-electron chi connectivity index (χ0n) is 11.7. The van der Waals surface area contributed by atoms with Crippen molar-refractivity contribution in [2.75, 3.05) is 0 Å². The molecular formula is C16H26O. The van der Waals surface area contributed by atoms with Gasteiger partial charge in [0.25, 0.3) is 0 Å². The minimum atomic E-state index is 0.491. The Balaban J connectivity index is 2.72. The van der Waals surface area contributed by atoms with Crippen LogP contribution >= 0.6 is 0 Å². The molecular weight excluding hydrogens is 208 g/mol. The van der Waals surface area contributed by atoms with Crippen molar-refractivity contribution >= 4 is 0 Å². The summed E-state index contributed by atoms with van der Waals surface area (Å²) < 4.78 is 0. The molecule has 0 amide bonds. The van der Waals surface area contributed by atoms with Gasteiger partial charge in [-0.05, 0) is 36.3 Å². The second-order valence-corrected chi connectivity index (χ2v) is 5.22. The normalized spacial score (nSPS) is 14.6. The van der Waals surface area contributed by atoms with Gasteiger partial charge in [0.05, 0.1) is 0 Å². The lowest BCUT2D eigenvalue weighted by molar-refractivity contribution is 0.318. The van der Waals surface area contributed by atoms with Crippen LogP contribution in [-0.4, -0.2) is 5.11 Å². The van der Waals surface area contributed by atoms with E-state index in [1.54, 1.807) is 0 Å². The highest BCUT2D eigenvalue weighted by atomic mass is 16.3. The molecule has 1 heteroatoms. The van der Waals surface area contributed by atoms with E-state index >= 15 is 0 Å². The predicted octanol–water partition coefficient (Wildman–Crippen LogP) is 4.71. The maximum atomic E-state index is 10.0. The summed E-state index contributed by atoms with van der Waals surface area (Å²) in [7, 11) is 0. The van der Waals surface area contributed by atoms with Crippen molar-refractivity contribution in [2.45, 2.75) is 53.4 Å². The summed E-state index contributed by atoms with van der Waals surface area (Å²) in [6.07, 6.45) is 4.78. The summed E-state index contributed by atoms with van der Waals surface area (Å²) >= 11 is 0. The number of aromatic hydroxyl groups is 1. The molecule has 0 bridgehead atoms. The maximum absolute atomic E-state index is 10.0. The molecule has 1 N–H and O–H groups in total. The van der Waals surface area contributed by atoms with E-state index in [1.165, 1.54) is 19.3 Å². The molecule has 0 aromatic heterocycles. The second kappa shape index (κ2) is 6.68. The number of aryl methyl sites for hydroxylation is 1. The molecule has 0 saturated heterocycles. The molecule has 17 heavy (non-hydrogen) atoms. The van der Waals surface area contributed by atoms with Crippen LogP contribution in [0.1, 0.15) is 51.2 Å². The van der Waals surface area contributed by atoms with E-state index in [-0.39, 0.29) is 0 Å². The minimum absolute atomic E-state index is 0.491. The molecule has 0 spiro atoms. The van der Waals surface area contributed by atoms with Crippen molar-refractivity contribution in [1.29, 1.82) is 0 Å². The molecule has 1 aromatic carbocycles. The van der Waals surface area contributed by atoms with Crippen molar-refractivity contribution in [2.24, 2.45) is 11.8 Å². The highest BCUT2D eigenvalue weighted by Gasteiger charge is 2.16. The van der Waals surface area contributed by atoms with Crippen LogP contribution in [0.2, 0.25) is 0 Å². The van der Waals surface area contributed by atoms with Crippen molar-refractivity contribution in [3.05, 3.63) is 29.3 Å². The van der Waals surface area contributed by atoms with Crippen LogP contribution in [0, 0.1) is 18.8 Å². The first-order chi connectivity index (χ1) is 8.10. The molecule has 2 unspecified atom stereocenters. The Morgan fingerprint density at radius 2 is 1.94 bits per heavy atom. The van der Waals surface area contributed by atoms with Gasteiger partial charge in [-0.1, -0.05) is 58.2 Å². The number of benzene rings is 1. The number of para-hydroxylation sites is 1. The first-order valence-electron chi connectivity index (χ1n) is 6.87. The summed E-state index contributed by atoms with van der Waals surface area (Å²) in [5.41, 5.74) is 2.09. The fourth-order valence-electron chi connectivity index (χ4n) is 2.66. The Morgan fingerprint density at radius 3 is 2.53 bits per heavy atom. The van der Waals surface area contributed by atoms with Gasteiger partial charge in [0, 0.05) is 0 Å². The molecule has 0 radical (unpaired) electrons. The Hall–Kier alpha value is -0.980. The van der Waals surface area contributed by atoms with Crippen LogP contribution in [-0.2, 0) is 6.42 Å². The number of rotatable bonds is 6. The van der Waals surface area contributed by atoms with Gasteiger partial charge < -0.3 is 5.11 Å². The molecule has 0 aliphatic rings. The first-order valence-corrected chi connectivity index (χ1v) is 6.87. The third-order valence-corrected chi connectivity index (χ3v) is 3.85. The average Bonchev–Trinajstić information content (AvgIpc) is 2.31. The standard InChI is InChI=1S/C16H26O/c1-5-8-14(6-2)13(4)11-15-10-7-9-12(3)16(15)17/h7,9-10,13-14,17H,5-6,8,11H2,1-4H3. The SMILES string of the molecule is CCCC(CC)C(C)Cc1cccc(C)c1O. The fourth-order valence-corrected chi connectivity index (χ4v) is 2.66. The lowest BCUT2D eigenvalue weighted by atomic mass is 9.83. The lowest BCUT2D eigenvalue weighted by Gasteiger charge is -2.23. The van der Waals surface area contributed by atoms with Crippen LogP contribution in [0.4, 0.5) is 0 Å². The molecule has 2 atom stereocenters. The number of phenolic OH excluding ortho intramolecular Hbond substituents is 1. The van der Waals surface area contributed by atoms with Gasteiger partial charge in [-0.2, -0.15) is 0 Å². The molecule has 0 aliphatic carbocycles. The molecule has 1 rings (SSSR count). The average molecular weight is 234 g/mol. The predicted molar refractivity (Wildman–Crippen MR) is 74.4 cm³/mol. The van der Waals surface area contributed by atoms with Gasteiger partial charge in [0.2, 0.25) is 0 Å². The van der Waals surface area contributed by atoms with Gasteiger partial charge in [-0.15, -0.1) is 0 Å². The second-order valence-electron chi connectivity index (χ2n) is 5.22.